The molecular weight excluding hydrogens is 220 g/mol. The fourth-order valence-electron chi connectivity index (χ4n) is 1.13. The van der Waals surface area contributed by atoms with E-state index in [-0.39, 0.29) is 6.61 Å². The van der Waals surface area contributed by atoms with E-state index in [0.29, 0.717) is 6.42 Å². The number of hydrogen-bond acceptors (Lipinski definition) is 2. The molecule has 0 atom stereocenters. The molecule has 1 heterocycles. The summed E-state index contributed by atoms with van der Waals surface area (Å²) in [6.07, 6.45) is 1.54. The molecule has 0 radical (unpaired) electrons. The van der Waals surface area contributed by atoms with Gasteiger partial charge in [-0.2, -0.15) is 0 Å². The Balaban J connectivity index is 2.98. The quantitative estimate of drug-likeness (QED) is 0.853. The molecule has 0 fully saturated rings. The summed E-state index contributed by atoms with van der Waals surface area (Å²) in [5.41, 5.74) is 1.06. The Morgan fingerprint density at radius 1 is 1.58 bits per heavy atom. The highest BCUT2D eigenvalue weighted by molar-refractivity contribution is 9.10. The second-order valence-electron chi connectivity index (χ2n) is 2.65. The number of aryl methyl sites for hydroxylation is 1. The van der Waals surface area contributed by atoms with Crippen molar-refractivity contribution in [2.24, 2.45) is 7.05 Å². The molecule has 1 aromatic heterocycles. The van der Waals surface area contributed by atoms with Gasteiger partial charge in [0, 0.05) is 13.5 Å². The molecule has 0 unspecified atom stereocenters. The van der Waals surface area contributed by atoms with Crippen LogP contribution in [0.3, 0.4) is 0 Å². The Labute approximate surface area is 80.6 Å². The Hall–Kier alpha value is -0.350. The predicted octanol–water partition coefficient (Wildman–Crippen LogP) is 1.28. The fraction of sp³-hybridized carbons (Fsp3) is 0.625. The van der Waals surface area contributed by atoms with Crippen LogP contribution in [0.5, 0.6) is 0 Å². The number of rotatable bonds is 3. The third kappa shape index (κ3) is 1.69. The molecule has 0 aliphatic carbocycles. The molecule has 4 heteroatoms. The first kappa shape index (κ1) is 9.74. The van der Waals surface area contributed by atoms with Gasteiger partial charge in [-0.3, -0.25) is 0 Å². The molecule has 1 N–H and O–H groups in total. The summed E-state index contributed by atoms with van der Waals surface area (Å²) in [6.45, 7) is 2.22. The smallest absolute Gasteiger partial charge is 0.111 e. The van der Waals surface area contributed by atoms with Gasteiger partial charge in [-0.1, -0.05) is 6.92 Å². The number of halogens is 1. The lowest BCUT2D eigenvalue weighted by Gasteiger charge is -1.98. The van der Waals surface area contributed by atoms with Gasteiger partial charge in [0.1, 0.15) is 10.4 Å². The van der Waals surface area contributed by atoms with Crippen molar-refractivity contribution in [1.29, 1.82) is 0 Å². The van der Waals surface area contributed by atoms with Crippen molar-refractivity contribution in [1.82, 2.24) is 9.55 Å². The van der Waals surface area contributed by atoms with E-state index >= 15 is 0 Å². The predicted molar refractivity (Wildman–Crippen MR) is 51.1 cm³/mol. The van der Waals surface area contributed by atoms with Crippen LogP contribution in [0.15, 0.2) is 4.60 Å². The van der Waals surface area contributed by atoms with Gasteiger partial charge in [-0.25, -0.2) is 4.98 Å². The van der Waals surface area contributed by atoms with Gasteiger partial charge in [0.05, 0.1) is 12.3 Å². The van der Waals surface area contributed by atoms with Crippen LogP contribution in [0.2, 0.25) is 0 Å². The summed E-state index contributed by atoms with van der Waals surface area (Å²) in [5, 5.41) is 8.75. The minimum atomic E-state index is 0.153. The van der Waals surface area contributed by atoms with Gasteiger partial charge >= 0.3 is 0 Å². The van der Waals surface area contributed by atoms with Gasteiger partial charge in [-0.05, 0) is 22.4 Å². The molecule has 3 nitrogen and oxygen atoms in total. The lowest BCUT2D eigenvalue weighted by Crippen LogP contribution is -2.00. The van der Waals surface area contributed by atoms with Crippen molar-refractivity contribution in [3.63, 3.8) is 0 Å². The first-order chi connectivity index (χ1) is 5.70. The highest BCUT2D eigenvalue weighted by Gasteiger charge is 2.09. The van der Waals surface area contributed by atoms with Crippen molar-refractivity contribution in [2.75, 3.05) is 6.61 Å². The minimum absolute atomic E-state index is 0.153. The van der Waals surface area contributed by atoms with Crippen LogP contribution in [0, 0.1) is 0 Å². The molecule has 0 bridgehead atoms. The maximum Gasteiger partial charge on any atom is 0.111 e. The Kier molecular flexibility index (Phi) is 3.29. The molecule has 0 aliphatic rings. The number of aliphatic hydroxyl groups is 1. The van der Waals surface area contributed by atoms with Gasteiger partial charge < -0.3 is 9.67 Å². The fourth-order valence-corrected chi connectivity index (χ4v) is 1.71. The van der Waals surface area contributed by atoms with Gasteiger partial charge in [0.2, 0.25) is 0 Å². The number of hydrogen-bond donors (Lipinski definition) is 1. The highest BCUT2D eigenvalue weighted by Crippen LogP contribution is 2.17. The van der Waals surface area contributed by atoms with E-state index in [4.69, 9.17) is 5.11 Å². The molecule has 68 valence electrons. The third-order valence-corrected chi connectivity index (χ3v) is 2.84. The van der Waals surface area contributed by atoms with Crippen LogP contribution in [-0.2, 0) is 19.9 Å². The Morgan fingerprint density at radius 2 is 2.25 bits per heavy atom. The summed E-state index contributed by atoms with van der Waals surface area (Å²) in [6, 6.07) is 0. The average molecular weight is 233 g/mol. The highest BCUT2D eigenvalue weighted by atomic mass is 79.9. The van der Waals surface area contributed by atoms with Crippen LogP contribution in [0.4, 0.5) is 0 Å². The topological polar surface area (TPSA) is 38.1 Å². The monoisotopic (exact) mass is 232 g/mol. The molecular formula is C8H13BrN2O. The molecule has 1 aromatic rings. The molecule has 0 spiro atoms. The Morgan fingerprint density at radius 3 is 2.67 bits per heavy atom. The maximum absolute atomic E-state index is 8.75. The molecule has 0 aliphatic heterocycles. The van der Waals surface area contributed by atoms with Crippen LogP contribution in [-0.4, -0.2) is 21.3 Å². The summed E-state index contributed by atoms with van der Waals surface area (Å²) in [5.74, 6) is 0.932. The van der Waals surface area contributed by atoms with E-state index in [2.05, 4.69) is 27.8 Å². The zero-order valence-corrected chi connectivity index (χ0v) is 8.93. The summed E-state index contributed by atoms with van der Waals surface area (Å²) < 4.78 is 2.99. The summed E-state index contributed by atoms with van der Waals surface area (Å²) in [7, 11) is 1.95. The zero-order chi connectivity index (χ0) is 9.14. The second kappa shape index (κ2) is 4.05. The van der Waals surface area contributed by atoms with Crippen molar-refractivity contribution in [3.05, 3.63) is 16.1 Å². The number of aromatic nitrogens is 2. The second-order valence-corrected chi connectivity index (χ2v) is 3.40. The first-order valence-electron chi connectivity index (χ1n) is 4.01. The normalized spacial score (nSPS) is 10.7. The standard InChI is InChI=1S/C8H13BrN2O/c1-3-6-8(9)11(2)7(10-6)4-5-12/h12H,3-5H2,1-2H3. The van der Waals surface area contributed by atoms with E-state index in [1.165, 1.54) is 0 Å². The van der Waals surface area contributed by atoms with Crippen molar-refractivity contribution in [2.45, 2.75) is 19.8 Å². The minimum Gasteiger partial charge on any atom is -0.396 e. The van der Waals surface area contributed by atoms with Crippen LogP contribution >= 0.6 is 15.9 Å². The van der Waals surface area contributed by atoms with E-state index in [0.717, 1.165) is 22.5 Å². The van der Waals surface area contributed by atoms with Crippen LogP contribution in [0.1, 0.15) is 18.4 Å². The molecule has 0 aromatic carbocycles. The van der Waals surface area contributed by atoms with Crippen molar-refractivity contribution < 1.29 is 5.11 Å². The van der Waals surface area contributed by atoms with E-state index in [1.807, 2.05) is 11.6 Å². The molecule has 1 rings (SSSR count). The van der Waals surface area contributed by atoms with E-state index in [1.54, 1.807) is 0 Å². The summed E-state index contributed by atoms with van der Waals surface area (Å²) >= 11 is 3.45. The van der Waals surface area contributed by atoms with Gasteiger partial charge in [0.15, 0.2) is 0 Å². The molecule has 12 heavy (non-hydrogen) atoms. The van der Waals surface area contributed by atoms with Gasteiger partial charge in [0.25, 0.3) is 0 Å². The lowest BCUT2D eigenvalue weighted by molar-refractivity contribution is 0.295. The largest absolute Gasteiger partial charge is 0.396 e. The number of aliphatic hydroxyl groups excluding tert-OH is 1. The molecule has 0 saturated carbocycles. The number of nitrogens with zero attached hydrogens (tertiary/aromatic N) is 2. The number of imidazole rings is 1. The van der Waals surface area contributed by atoms with Gasteiger partial charge in [-0.15, -0.1) is 0 Å². The van der Waals surface area contributed by atoms with E-state index in [9.17, 15) is 0 Å². The SMILES string of the molecule is CCc1nc(CCO)n(C)c1Br. The maximum atomic E-state index is 8.75. The zero-order valence-electron chi connectivity index (χ0n) is 7.34. The average Bonchev–Trinajstić information content (AvgIpc) is 2.33. The summed E-state index contributed by atoms with van der Waals surface area (Å²) in [4.78, 5) is 4.37. The molecule has 0 saturated heterocycles. The van der Waals surface area contributed by atoms with Crippen molar-refractivity contribution in [3.8, 4) is 0 Å². The van der Waals surface area contributed by atoms with E-state index < -0.39 is 0 Å². The Bertz CT molecular complexity index is 270. The molecule has 0 amide bonds. The van der Waals surface area contributed by atoms with Crippen LogP contribution < -0.4 is 0 Å². The van der Waals surface area contributed by atoms with Crippen molar-refractivity contribution >= 4 is 15.9 Å². The third-order valence-electron chi connectivity index (χ3n) is 1.85. The van der Waals surface area contributed by atoms with Crippen LogP contribution in [0.25, 0.3) is 0 Å². The first-order valence-corrected chi connectivity index (χ1v) is 4.80. The lowest BCUT2D eigenvalue weighted by atomic mass is 10.4.